The van der Waals surface area contributed by atoms with Crippen molar-refractivity contribution in [3.63, 3.8) is 0 Å². The molecule has 112 valence electrons. The van der Waals surface area contributed by atoms with Crippen LogP contribution in [0.25, 0.3) is 0 Å². The minimum Gasteiger partial charge on any atom is -0.392 e. The molecule has 2 aromatic rings. The summed E-state index contributed by atoms with van der Waals surface area (Å²) in [5, 5.41) is 11.1. The summed E-state index contributed by atoms with van der Waals surface area (Å²) in [5.41, 5.74) is 8.71. The first-order valence-electron chi connectivity index (χ1n) is 7.18. The van der Waals surface area contributed by atoms with E-state index < -0.39 is 11.5 Å². The van der Waals surface area contributed by atoms with Gasteiger partial charge >= 0.3 is 0 Å². The van der Waals surface area contributed by atoms with Crippen LogP contribution in [0.3, 0.4) is 0 Å². The Morgan fingerprint density at radius 3 is 2.38 bits per heavy atom. The zero-order valence-corrected chi connectivity index (χ0v) is 13.3. The van der Waals surface area contributed by atoms with Crippen LogP contribution in [0.15, 0.2) is 48.5 Å². The van der Waals surface area contributed by atoms with Gasteiger partial charge in [-0.3, -0.25) is 0 Å². The van der Waals surface area contributed by atoms with Crippen molar-refractivity contribution in [1.82, 2.24) is 0 Å². The number of aryl methyl sites for hydroxylation is 1. The van der Waals surface area contributed by atoms with Crippen LogP contribution in [-0.2, 0) is 11.8 Å². The molecule has 0 saturated heterocycles. The zero-order chi connectivity index (χ0) is 15.5. The van der Waals surface area contributed by atoms with Gasteiger partial charge in [-0.15, -0.1) is 0 Å². The predicted molar refractivity (Wildman–Crippen MR) is 88.7 cm³/mol. The zero-order valence-electron chi connectivity index (χ0n) is 12.5. The molecule has 2 rings (SSSR count). The lowest BCUT2D eigenvalue weighted by atomic mass is 9.71. The first kappa shape index (κ1) is 16.0. The molecular weight excluding hydrogens is 282 g/mol. The summed E-state index contributed by atoms with van der Waals surface area (Å²) in [4.78, 5) is 0. The minimum absolute atomic E-state index is 0.360. The van der Waals surface area contributed by atoms with E-state index in [2.05, 4.69) is 0 Å². The van der Waals surface area contributed by atoms with Crippen LogP contribution < -0.4 is 5.73 Å². The molecule has 0 heterocycles. The molecule has 21 heavy (non-hydrogen) atoms. The van der Waals surface area contributed by atoms with Crippen LogP contribution in [0.4, 0.5) is 0 Å². The third-order valence-electron chi connectivity index (χ3n) is 4.23. The van der Waals surface area contributed by atoms with E-state index in [1.165, 1.54) is 0 Å². The van der Waals surface area contributed by atoms with Gasteiger partial charge in [0.2, 0.25) is 0 Å². The molecule has 0 spiro atoms. The molecule has 0 radical (unpaired) electrons. The van der Waals surface area contributed by atoms with Crippen LogP contribution >= 0.6 is 11.6 Å². The SMILES string of the molecule is Cc1ccc(CC(CN)(c2ccccc2)C(C)O)c(Cl)c1. The summed E-state index contributed by atoms with van der Waals surface area (Å²) in [6.07, 6.45) is 0.0480. The Kier molecular flexibility index (Phi) is 5.04. The van der Waals surface area contributed by atoms with E-state index in [0.717, 1.165) is 21.7 Å². The smallest absolute Gasteiger partial charge is 0.0624 e. The average Bonchev–Trinajstić information content (AvgIpc) is 2.47. The van der Waals surface area contributed by atoms with Crippen molar-refractivity contribution in [2.45, 2.75) is 31.8 Å². The van der Waals surface area contributed by atoms with Crippen molar-refractivity contribution >= 4 is 11.6 Å². The Bertz CT molecular complexity index is 597. The highest BCUT2D eigenvalue weighted by Gasteiger charge is 2.36. The molecule has 3 heteroatoms. The standard InChI is InChI=1S/C18H22ClNO/c1-13-8-9-15(17(19)10-13)11-18(12-20,14(2)21)16-6-4-3-5-7-16/h3-10,14,21H,11-12,20H2,1-2H3. The number of nitrogens with two attached hydrogens (primary N) is 1. The summed E-state index contributed by atoms with van der Waals surface area (Å²) >= 11 is 6.36. The normalized spacial score (nSPS) is 15.5. The number of rotatable bonds is 5. The molecule has 2 nitrogen and oxygen atoms in total. The van der Waals surface area contributed by atoms with Gasteiger partial charge in [-0.05, 0) is 43.0 Å². The topological polar surface area (TPSA) is 46.2 Å². The summed E-state index contributed by atoms with van der Waals surface area (Å²) in [5.74, 6) is 0. The molecule has 0 fully saturated rings. The fourth-order valence-corrected chi connectivity index (χ4v) is 3.06. The monoisotopic (exact) mass is 303 g/mol. The highest BCUT2D eigenvalue weighted by atomic mass is 35.5. The van der Waals surface area contributed by atoms with Crippen molar-refractivity contribution < 1.29 is 5.11 Å². The van der Waals surface area contributed by atoms with Gasteiger partial charge in [0.1, 0.15) is 0 Å². The van der Waals surface area contributed by atoms with Gasteiger partial charge in [-0.2, -0.15) is 0 Å². The first-order valence-corrected chi connectivity index (χ1v) is 7.56. The molecule has 0 saturated carbocycles. The van der Waals surface area contributed by atoms with E-state index in [9.17, 15) is 5.11 Å². The Morgan fingerprint density at radius 1 is 1.19 bits per heavy atom. The maximum absolute atomic E-state index is 10.4. The molecule has 2 unspecified atom stereocenters. The van der Waals surface area contributed by atoms with Crippen LogP contribution in [0, 0.1) is 6.92 Å². The number of halogens is 1. The van der Waals surface area contributed by atoms with E-state index in [1.807, 2.05) is 55.5 Å². The maximum Gasteiger partial charge on any atom is 0.0624 e. The van der Waals surface area contributed by atoms with Crippen LogP contribution in [0.1, 0.15) is 23.6 Å². The first-order chi connectivity index (χ1) is 9.99. The lowest BCUT2D eigenvalue weighted by molar-refractivity contribution is 0.100. The number of hydrogen-bond acceptors (Lipinski definition) is 2. The summed E-state index contributed by atoms with van der Waals surface area (Å²) in [7, 11) is 0. The maximum atomic E-state index is 10.4. The second-order valence-electron chi connectivity index (χ2n) is 5.67. The Balaban J connectivity index is 2.46. The second kappa shape index (κ2) is 6.61. The highest BCUT2D eigenvalue weighted by Crippen LogP contribution is 2.33. The quantitative estimate of drug-likeness (QED) is 0.888. The fraction of sp³-hybridized carbons (Fsp3) is 0.333. The van der Waals surface area contributed by atoms with Gasteiger partial charge in [0.25, 0.3) is 0 Å². The molecule has 0 aliphatic rings. The number of aliphatic hydroxyl groups excluding tert-OH is 1. The number of hydrogen-bond donors (Lipinski definition) is 2. The molecule has 2 atom stereocenters. The lowest BCUT2D eigenvalue weighted by Crippen LogP contribution is -2.46. The molecule has 0 aromatic heterocycles. The van der Waals surface area contributed by atoms with Gasteiger partial charge in [0.15, 0.2) is 0 Å². The number of aliphatic hydroxyl groups is 1. The number of benzene rings is 2. The van der Waals surface area contributed by atoms with Gasteiger partial charge < -0.3 is 10.8 Å². The molecule has 0 aliphatic carbocycles. The van der Waals surface area contributed by atoms with E-state index in [-0.39, 0.29) is 0 Å². The van der Waals surface area contributed by atoms with Gasteiger partial charge in [0, 0.05) is 17.0 Å². The summed E-state index contributed by atoms with van der Waals surface area (Å²) < 4.78 is 0. The second-order valence-corrected chi connectivity index (χ2v) is 6.08. The highest BCUT2D eigenvalue weighted by molar-refractivity contribution is 6.31. The van der Waals surface area contributed by atoms with E-state index in [0.29, 0.717) is 13.0 Å². The van der Waals surface area contributed by atoms with Gasteiger partial charge in [0.05, 0.1) is 6.10 Å². The van der Waals surface area contributed by atoms with Crippen LogP contribution in [0.2, 0.25) is 5.02 Å². The Hall–Kier alpha value is -1.35. The minimum atomic E-state index is -0.567. The van der Waals surface area contributed by atoms with Crippen molar-refractivity contribution in [3.8, 4) is 0 Å². The van der Waals surface area contributed by atoms with Crippen molar-refractivity contribution in [3.05, 3.63) is 70.2 Å². The van der Waals surface area contributed by atoms with Crippen molar-refractivity contribution in [1.29, 1.82) is 0 Å². The van der Waals surface area contributed by atoms with Crippen molar-refractivity contribution in [2.75, 3.05) is 6.54 Å². The van der Waals surface area contributed by atoms with Gasteiger partial charge in [-0.25, -0.2) is 0 Å². The van der Waals surface area contributed by atoms with Crippen molar-refractivity contribution in [2.24, 2.45) is 5.73 Å². The van der Waals surface area contributed by atoms with Gasteiger partial charge in [-0.1, -0.05) is 54.1 Å². The molecule has 0 amide bonds. The van der Waals surface area contributed by atoms with E-state index in [4.69, 9.17) is 17.3 Å². The summed E-state index contributed by atoms with van der Waals surface area (Å²) in [6.45, 7) is 4.17. The Morgan fingerprint density at radius 2 is 1.86 bits per heavy atom. The van der Waals surface area contributed by atoms with E-state index >= 15 is 0 Å². The largest absolute Gasteiger partial charge is 0.392 e. The van der Waals surface area contributed by atoms with Crippen LogP contribution in [0.5, 0.6) is 0 Å². The predicted octanol–water partition coefficient (Wildman–Crippen LogP) is 3.47. The summed E-state index contributed by atoms with van der Waals surface area (Å²) in [6, 6.07) is 15.9. The van der Waals surface area contributed by atoms with Crippen LogP contribution in [-0.4, -0.2) is 17.8 Å². The molecule has 3 N–H and O–H groups in total. The average molecular weight is 304 g/mol. The molecule has 0 aliphatic heterocycles. The third-order valence-corrected chi connectivity index (χ3v) is 4.58. The fourth-order valence-electron chi connectivity index (χ4n) is 2.76. The molecule has 0 bridgehead atoms. The Labute approximate surface area is 131 Å². The molecular formula is C18H22ClNO. The molecule has 2 aromatic carbocycles. The third kappa shape index (κ3) is 3.29. The van der Waals surface area contributed by atoms with E-state index in [1.54, 1.807) is 6.92 Å². The lowest BCUT2D eigenvalue weighted by Gasteiger charge is -2.36.